The maximum Gasteiger partial charge on any atom is 0.261 e. The molecule has 6 nitrogen and oxygen atoms in total. The van der Waals surface area contributed by atoms with Gasteiger partial charge in [0.1, 0.15) is 0 Å². The molecular formula is C18H22ClN3O3S. The van der Waals surface area contributed by atoms with E-state index in [2.05, 4.69) is 15.4 Å². The number of anilines is 2. The lowest BCUT2D eigenvalue weighted by atomic mass is 10.1. The van der Waals surface area contributed by atoms with Gasteiger partial charge in [-0.05, 0) is 55.8 Å². The minimum Gasteiger partial charge on any atom is -0.326 e. The largest absolute Gasteiger partial charge is 0.326 e. The topological polar surface area (TPSA) is 87.3 Å². The Morgan fingerprint density at radius 2 is 1.73 bits per heavy atom. The lowest BCUT2D eigenvalue weighted by Gasteiger charge is -2.11. The number of para-hydroxylation sites is 1. The van der Waals surface area contributed by atoms with Gasteiger partial charge in [0.2, 0.25) is 5.91 Å². The molecule has 0 bridgehead atoms. The summed E-state index contributed by atoms with van der Waals surface area (Å²) in [4.78, 5) is 12.2. The maximum absolute atomic E-state index is 12.4. The standard InChI is InChI=1S/C18H21N3O3S.ClH/c22-18(13-16-7-4-12-19-16)20-14-8-10-17(11-9-14)25(23,24)21-15-5-2-1-3-6-15;/h1-3,5-6,8-11,16,19,21H,4,7,12-13H2,(H,20,22);1H. The van der Waals surface area contributed by atoms with E-state index in [1.807, 2.05) is 6.07 Å². The lowest BCUT2D eigenvalue weighted by molar-refractivity contribution is -0.116. The van der Waals surface area contributed by atoms with Crippen molar-refractivity contribution < 1.29 is 13.2 Å². The van der Waals surface area contributed by atoms with E-state index in [1.165, 1.54) is 12.1 Å². The first-order valence-electron chi connectivity index (χ1n) is 8.24. The van der Waals surface area contributed by atoms with Gasteiger partial charge in [-0.2, -0.15) is 0 Å². The Balaban J connectivity index is 0.00000243. The first-order valence-corrected chi connectivity index (χ1v) is 9.72. The molecule has 1 heterocycles. The van der Waals surface area contributed by atoms with Crippen molar-refractivity contribution in [2.24, 2.45) is 0 Å². The number of nitrogens with one attached hydrogen (secondary N) is 3. The molecule has 3 N–H and O–H groups in total. The normalized spacial score (nSPS) is 16.5. The zero-order valence-corrected chi connectivity index (χ0v) is 15.8. The molecule has 26 heavy (non-hydrogen) atoms. The summed E-state index contributed by atoms with van der Waals surface area (Å²) in [5.74, 6) is -0.0718. The van der Waals surface area contributed by atoms with Crippen LogP contribution in [0.2, 0.25) is 0 Å². The Morgan fingerprint density at radius 3 is 2.35 bits per heavy atom. The third kappa shape index (κ3) is 5.45. The van der Waals surface area contributed by atoms with Crippen molar-refractivity contribution in [3.05, 3.63) is 54.6 Å². The van der Waals surface area contributed by atoms with E-state index in [-0.39, 0.29) is 29.3 Å². The summed E-state index contributed by atoms with van der Waals surface area (Å²) in [5, 5.41) is 6.08. The molecule has 1 fully saturated rings. The Labute approximate surface area is 159 Å². The van der Waals surface area contributed by atoms with Crippen molar-refractivity contribution in [2.75, 3.05) is 16.6 Å². The van der Waals surface area contributed by atoms with Gasteiger partial charge in [-0.15, -0.1) is 12.4 Å². The minimum atomic E-state index is -3.65. The van der Waals surface area contributed by atoms with Gasteiger partial charge in [-0.1, -0.05) is 18.2 Å². The summed E-state index contributed by atoms with van der Waals surface area (Å²) in [7, 11) is -3.65. The summed E-state index contributed by atoms with van der Waals surface area (Å²) in [6.07, 6.45) is 2.53. The second kappa shape index (κ2) is 9.02. The number of benzene rings is 2. The predicted octanol–water partition coefficient (Wildman–Crippen LogP) is 2.99. The van der Waals surface area contributed by atoms with Gasteiger partial charge >= 0.3 is 0 Å². The van der Waals surface area contributed by atoms with Crippen LogP contribution in [0.3, 0.4) is 0 Å². The van der Waals surface area contributed by atoms with Crippen LogP contribution in [0.1, 0.15) is 19.3 Å². The fourth-order valence-corrected chi connectivity index (χ4v) is 3.86. The van der Waals surface area contributed by atoms with E-state index in [0.717, 1.165) is 19.4 Å². The Morgan fingerprint density at radius 1 is 1.04 bits per heavy atom. The van der Waals surface area contributed by atoms with Crippen molar-refractivity contribution in [3.8, 4) is 0 Å². The quantitative estimate of drug-likeness (QED) is 0.701. The number of carbonyl (C=O) groups is 1. The first kappa shape index (κ1) is 20.2. The highest BCUT2D eigenvalue weighted by atomic mass is 35.5. The third-order valence-corrected chi connectivity index (χ3v) is 5.47. The van der Waals surface area contributed by atoms with Crippen LogP contribution in [0.15, 0.2) is 59.5 Å². The SMILES string of the molecule is Cl.O=C(CC1CCCN1)Nc1ccc(S(=O)(=O)Nc2ccccc2)cc1. The number of halogens is 1. The second-order valence-corrected chi connectivity index (χ2v) is 7.72. The number of hydrogen-bond acceptors (Lipinski definition) is 4. The zero-order valence-electron chi connectivity index (χ0n) is 14.1. The number of amides is 1. The van der Waals surface area contributed by atoms with E-state index in [9.17, 15) is 13.2 Å². The van der Waals surface area contributed by atoms with Crippen molar-refractivity contribution in [1.29, 1.82) is 0 Å². The summed E-state index contributed by atoms with van der Waals surface area (Å²) >= 11 is 0. The molecule has 0 aliphatic carbocycles. The van der Waals surface area contributed by atoms with Gasteiger partial charge in [0.25, 0.3) is 10.0 Å². The van der Waals surface area contributed by atoms with Gasteiger partial charge in [-0.25, -0.2) is 8.42 Å². The molecular weight excluding hydrogens is 374 g/mol. The molecule has 1 saturated heterocycles. The molecule has 1 aliphatic rings. The van der Waals surface area contributed by atoms with Gasteiger partial charge in [0.15, 0.2) is 0 Å². The molecule has 2 aromatic rings. The minimum absolute atomic E-state index is 0. The number of carbonyl (C=O) groups excluding carboxylic acids is 1. The average molecular weight is 396 g/mol. The van der Waals surface area contributed by atoms with Crippen LogP contribution in [0, 0.1) is 0 Å². The molecule has 1 amide bonds. The Kier molecular flexibility index (Phi) is 7.02. The molecule has 1 atom stereocenters. The van der Waals surface area contributed by atoms with E-state index in [4.69, 9.17) is 0 Å². The molecule has 0 radical (unpaired) electrons. The van der Waals surface area contributed by atoms with Gasteiger partial charge in [0.05, 0.1) is 4.90 Å². The second-order valence-electron chi connectivity index (χ2n) is 6.04. The van der Waals surface area contributed by atoms with Crippen LogP contribution in [-0.2, 0) is 14.8 Å². The molecule has 0 spiro atoms. The first-order chi connectivity index (χ1) is 12.0. The molecule has 2 aromatic carbocycles. The smallest absolute Gasteiger partial charge is 0.261 e. The lowest BCUT2D eigenvalue weighted by Crippen LogP contribution is -2.27. The average Bonchev–Trinajstić information content (AvgIpc) is 3.08. The van der Waals surface area contributed by atoms with Crippen LogP contribution in [0.4, 0.5) is 11.4 Å². The number of sulfonamides is 1. The Hall–Kier alpha value is -2.09. The Bertz CT molecular complexity index is 821. The molecule has 1 aliphatic heterocycles. The molecule has 1 unspecified atom stereocenters. The van der Waals surface area contributed by atoms with Crippen molar-refractivity contribution >= 4 is 39.7 Å². The summed E-state index contributed by atoms with van der Waals surface area (Å²) in [6.45, 7) is 0.957. The summed E-state index contributed by atoms with van der Waals surface area (Å²) < 4.78 is 27.2. The summed E-state index contributed by atoms with van der Waals surface area (Å²) in [6, 6.07) is 15.1. The molecule has 140 valence electrons. The van der Waals surface area contributed by atoms with Crippen LogP contribution in [-0.4, -0.2) is 26.9 Å². The molecule has 0 saturated carbocycles. The molecule has 3 rings (SSSR count). The highest BCUT2D eigenvalue weighted by Gasteiger charge is 2.18. The number of rotatable bonds is 6. The molecule has 0 aromatic heterocycles. The fourth-order valence-electron chi connectivity index (χ4n) is 2.80. The van der Waals surface area contributed by atoms with Gasteiger partial charge < -0.3 is 10.6 Å². The predicted molar refractivity (Wildman–Crippen MR) is 105 cm³/mol. The van der Waals surface area contributed by atoms with E-state index in [1.54, 1.807) is 36.4 Å². The zero-order chi connectivity index (χ0) is 17.7. The fraction of sp³-hybridized carbons (Fsp3) is 0.278. The van der Waals surface area contributed by atoms with Crippen molar-refractivity contribution in [2.45, 2.75) is 30.2 Å². The highest BCUT2D eigenvalue weighted by molar-refractivity contribution is 7.92. The van der Waals surface area contributed by atoms with E-state index < -0.39 is 10.0 Å². The van der Waals surface area contributed by atoms with E-state index in [0.29, 0.717) is 17.8 Å². The number of hydrogen-bond donors (Lipinski definition) is 3. The monoisotopic (exact) mass is 395 g/mol. The van der Waals surface area contributed by atoms with Crippen molar-refractivity contribution in [3.63, 3.8) is 0 Å². The van der Waals surface area contributed by atoms with Gasteiger partial charge in [0, 0.05) is 23.8 Å². The highest BCUT2D eigenvalue weighted by Crippen LogP contribution is 2.18. The van der Waals surface area contributed by atoms with Crippen LogP contribution < -0.4 is 15.4 Å². The molecule has 8 heteroatoms. The van der Waals surface area contributed by atoms with Crippen LogP contribution >= 0.6 is 12.4 Å². The van der Waals surface area contributed by atoms with E-state index >= 15 is 0 Å². The van der Waals surface area contributed by atoms with Gasteiger partial charge in [-0.3, -0.25) is 9.52 Å². The summed E-state index contributed by atoms with van der Waals surface area (Å²) in [5.41, 5.74) is 1.09. The maximum atomic E-state index is 12.4. The van der Waals surface area contributed by atoms with Crippen molar-refractivity contribution in [1.82, 2.24) is 5.32 Å². The van der Waals surface area contributed by atoms with Crippen LogP contribution in [0.25, 0.3) is 0 Å². The third-order valence-electron chi connectivity index (χ3n) is 4.07. The van der Waals surface area contributed by atoms with Crippen LogP contribution in [0.5, 0.6) is 0 Å².